The molecule has 0 aliphatic rings. The van der Waals surface area contributed by atoms with Gasteiger partial charge in [0.15, 0.2) is 0 Å². The fourth-order valence-electron chi connectivity index (χ4n) is 2.55. The second-order valence-electron chi connectivity index (χ2n) is 6.63. The van der Waals surface area contributed by atoms with Crippen LogP contribution < -0.4 is 33.2 Å². The summed E-state index contributed by atoms with van der Waals surface area (Å²) in [6, 6.07) is 0. The molecule has 156 valence electrons. The zero-order valence-corrected chi connectivity index (χ0v) is 16.7. The Morgan fingerprint density at radius 3 is 1.00 bits per heavy atom. The lowest BCUT2D eigenvalue weighted by atomic mass is 10.2. The highest BCUT2D eigenvalue weighted by atomic mass is 15.3. The van der Waals surface area contributed by atoms with E-state index in [-0.39, 0.29) is 0 Å². The third-order valence-corrected chi connectivity index (χ3v) is 4.13. The van der Waals surface area contributed by atoms with Crippen molar-refractivity contribution < 1.29 is 0 Å². The van der Waals surface area contributed by atoms with Gasteiger partial charge in [-0.1, -0.05) is 19.3 Å². The molecule has 0 aliphatic heterocycles. The Bertz CT molecular complexity index is 391. The van der Waals surface area contributed by atoms with Gasteiger partial charge in [0.05, 0.1) is 0 Å². The molecule has 1 aromatic heterocycles. The normalized spacial score (nSPS) is 10.8. The largest absolute Gasteiger partial charge is 0.354 e. The van der Waals surface area contributed by atoms with Crippen LogP contribution in [0.1, 0.15) is 57.8 Å². The Morgan fingerprint density at radius 2 is 0.741 bits per heavy atom. The summed E-state index contributed by atoms with van der Waals surface area (Å²) in [6.45, 7) is 4.70. The van der Waals surface area contributed by atoms with E-state index in [0.717, 1.165) is 97.1 Å². The molecule has 0 spiro atoms. The molecule has 0 aliphatic carbocycles. The minimum absolute atomic E-state index is 0.603. The third kappa shape index (κ3) is 12.3. The van der Waals surface area contributed by atoms with Crippen molar-refractivity contribution in [1.82, 2.24) is 15.0 Å². The third-order valence-electron chi connectivity index (χ3n) is 4.13. The van der Waals surface area contributed by atoms with Gasteiger partial charge in [-0.3, -0.25) is 0 Å². The van der Waals surface area contributed by atoms with Crippen LogP contribution in [0.5, 0.6) is 0 Å². The lowest BCUT2D eigenvalue weighted by Crippen LogP contribution is -2.14. The van der Waals surface area contributed by atoms with Crippen LogP contribution in [0, 0.1) is 0 Å². The van der Waals surface area contributed by atoms with Gasteiger partial charge in [0.2, 0.25) is 17.8 Å². The number of aromatic nitrogens is 3. The molecule has 9 N–H and O–H groups in total. The minimum Gasteiger partial charge on any atom is -0.354 e. The zero-order chi connectivity index (χ0) is 19.6. The van der Waals surface area contributed by atoms with Crippen molar-refractivity contribution in [3.8, 4) is 0 Å². The second kappa shape index (κ2) is 16.5. The van der Waals surface area contributed by atoms with Crippen molar-refractivity contribution in [2.24, 2.45) is 17.2 Å². The van der Waals surface area contributed by atoms with E-state index in [2.05, 4.69) is 30.9 Å². The summed E-state index contributed by atoms with van der Waals surface area (Å²) in [7, 11) is 0. The molecule has 9 nitrogen and oxygen atoms in total. The lowest BCUT2D eigenvalue weighted by molar-refractivity contribution is 0.699. The molecular weight excluding hydrogens is 342 g/mol. The molecule has 0 unspecified atom stereocenters. The first-order valence-corrected chi connectivity index (χ1v) is 10.4. The van der Waals surface area contributed by atoms with Crippen LogP contribution in [-0.4, -0.2) is 54.2 Å². The van der Waals surface area contributed by atoms with Crippen molar-refractivity contribution in [2.75, 3.05) is 55.2 Å². The summed E-state index contributed by atoms with van der Waals surface area (Å²) in [5, 5.41) is 9.87. The molecule has 0 bridgehead atoms. The maximum absolute atomic E-state index is 5.53. The molecule has 1 rings (SSSR count). The van der Waals surface area contributed by atoms with Gasteiger partial charge in [0.25, 0.3) is 0 Å². The van der Waals surface area contributed by atoms with Gasteiger partial charge < -0.3 is 33.2 Å². The highest BCUT2D eigenvalue weighted by Gasteiger charge is 2.06. The van der Waals surface area contributed by atoms with Crippen molar-refractivity contribution >= 4 is 17.8 Å². The number of unbranched alkanes of at least 4 members (excludes halogenated alkanes) is 6. The summed E-state index contributed by atoms with van der Waals surface area (Å²) in [5.74, 6) is 1.81. The van der Waals surface area contributed by atoms with Crippen LogP contribution in [0.4, 0.5) is 17.8 Å². The Morgan fingerprint density at radius 1 is 0.444 bits per heavy atom. The first kappa shape index (κ1) is 23.3. The van der Waals surface area contributed by atoms with Gasteiger partial charge in [0.1, 0.15) is 0 Å². The van der Waals surface area contributed by atoms with Gasteiger partial charge in [0, 0.05) is 19.6 Å². The van der Waals surface area contributed by atoms with E-state index in [0.29, 0.717) is 17.8 Å². The molecule has 0 saturated heterocycles. The monoisotopic (exact) mass is 381 g/mol. The predicted molar refractivity (Wildman–Crippen MR) is 114 cm³/mol. The standard InChI is InChI=1S/C18H39N9/c19-10-4-1-7-13-22-16-25-17(23-14-8-2-5-11-20)27-18(26-16)24-15-9-3-6-12-21/h1-15,19-21H2,(H3,22,23,24,25,26,27). The van der Waals surface area contributed by atoms with Crippen molar-refractivity contribution in [3.05, 3.63) is 0 Å². The van der Waals surface area contributed by atoms with Crippen LogP contribution in [0.3, 0.4) is 0 Å². The number of nitrogens with one attached hydrogen (secondary N) is 3. The molecule has 27 heavy (non-hydrogen) atoms. The van der Waals surface area contributed by atoms with Crippen molar-refractivity contribution in [3.63, 3.8) is 0 Å². The van der Waals surface area contributed by atoms with Gasteiger partial charge in [-0.2, -0.15) is 15.0 Å². The number of nitrogens with two attached hydrogens (primary N) is 3. The number of nitrogens with zero attached hydrogens (tertiary/aromatic N) is 3. The molecule has 0 amide bonds. The molecule has 0 radical (unpaired) electrons. The van der Waals surface area contributed by atoms with E-state index in [1.165, 1.54) is 0 Å². The van der Waals surface area contributed by atoms with E-state index in [1.807, 2.05) is 0 Å². The molecule has 0 atom stereocenters. The van der Waals surface area contributed by atoms with Gasteiger partial charge in [-0.25, -0.2) is 0 Å². The fourth-order valence-corrected chi connectivity index (χ4v) is 2.55. The minimum atomic E-state index is 0.603. The average molecular weight is 382 g/mol. The molecule has 1 aromatic rings. The van der Waals surface area contributed by atoms with Crippen LogP contribution >= 0.6 is 0 Å². The quantitative estimate of drug-likeness (QED) is 0.208. The number of hydrogen-bond donors (Lipinski definition) is 6. The van der Waals surface area contributed by atoms with E-state index >= 15 is 0 Å². The summed E-state index contributed by atoms with van der Waals surface area (Å²) >= 11 is 0. The topological polar surface area (TPSA) is 153 Å². The number of anilines is 3. The first-order valence-electron chi connectivity index (χ1n) is 10.4. The van der Waals surface area contributed by atoms with E-state index < -0.39 is 0 Å². The zero-order valence-electron chi connectivity index (χ0n) is 16.7. The van der Waals surface area contributed by atoms with Crippen LogP contribution in [0.2, 0.25) is 0 Å². The Hall–Kier alpha value is -1.71. The molecule has 0 aromatic carbocycles. The van der Waals surface area contributed by atoms with Gasteiger partial charge >= 0.3 is 0 Å². The maximum atomic E-state index is 5.53. The predicted octanol–water partition coefficient (Wildman–Crippen LogP) is 1.49. The SMILES string of the molecule is NCCCCCNc1nc(NCCCCCN)nc(NCCCCCN)n1. The maximum Gasteiger partial charge on any atom is 0.229 e. The number of rotatable bonds is 18. The molecule has 9 heteroatoms. The lowest BCUT2D eigenvalue weighted by Gasteiger charge is -2.11. The molecular formula is C18H39N9. The van der Waals surface area contributed by atoms with Crippen LogP contribution in [-0.2, 0) is 0 Å². The van der Waals surface area contributed by atoms with Gasteiger partial charge in [-0.05, 0) is 58.2 Å². The number of hydrogen-bond acceptors (Lipinski definition) is 9. The highest BCUT2D eigenvalue weighted by Crippen LogP contribution is 2.11. The second-order valence-corrected chi connectivity index (χ2v) is 6.63. The summed E-state index contributed by atoms with van der Waals surface area (Å²) in [4.78, 5) is 13.4. The van der Waals surface area contributed by atoms with Gasteiger partial charge in [-0.15, -0.1) is 0 Å². The van der Waals surface area contributed by atoms with E-state index in [1.54, 1.807) is 0 Å². The summed E-state index contributed by atoms with van der Waals surface area (Å²) in [5.41, 5.74) is 16.6. The van der Waals surface area contributed by atoms with Crippen LogP contribution in [0.15, 0.2) is 0 Å². The molecule has 1 heterocycles. The smallest absolute Gasteiger partial charge is 0.229 e. The Labute approximate surface area is 163 Å². The Balaban J connectivity index is 2.52. The van der Waals surface area contributed by atoms with E-state index in [9.17, 15) is 0 Å². The van der Waals surface area contributed by atoms with Crippen LogP contribution in [0.25, 0.3) is 0 Å². The Kier molecular flexibility index (Phi) is 14.2. The highest BCUT2D eigenvalue weighted by molar-refractivity contribution is 5.42. The van der Waals surface area contributed by atoms with Crippen molar-refractivity contribution in [2.45, 2.75) is 57.8 Å². The molecule has 0 fully saturated rings. The summed E-state index contributed by atoms with van der Waals surface area (Å²) < 4.78 is 0. The van der Waals surface area contributed by atoms with E-state index in [4.69, 9.17) is 17.2 Å². The fraction of sp³-hybridized carbons (Fsp3) is 0.833. The van der Waals surface area contributed by atoms with Crippen molar-refractivity contribution in [1.29, 1.82) is 0 Å². The first-order chi connectivity index (χ1) is 13.3. The summed E-state index contributed by atoms with van der Waals surface area (Å²) in [6.07, 6.45) is 9.59. The average Bonchev–Trinajstić information content (AvgIpc) is 2.67. The molecule has 0 saturated carbocycles.